The van der Waals surface area contributed by atoms with Gasteiger partial charge in [0.15, 0.2) is 5.65 Å². The Balaban J connectivity index is 1.23. The molecule has 0 radical (unpaired) electrons. The minimum atomic E-state index is 0.418. The molecule has 4 aromatic heterocycles. The first kappa shape index (κ1) is 23.2. The van der Waals surface area contributed by atoms with E-state index >= 15 is 0 Å². The van der Waals surface area contributed by atoms with Crippen LogP contribution in [0.4, 0.5) is 0 Å². The summed E-state index contributed by atoms with van der Waals surface area (Å²) in [6.07, 6.45) is 6.35. The molecule has 2 aliphatic heterocycles. The van der Waals surface area contributed by atoms with E-state index in [2.05, 4.69) is 77.7 Å². The summed E-state index contributed by atoms with van der Waals surface area (Å²) in [6.45, 7) is 18.2. The standard InChI is InChI=1S/C29H35N7S/c1-14(2)24-25-18(6)27(21-8-20-7-19(21)10-35(20)12-23-30-9-15(3)33-23)37-29(25)34-26(24)22-11-36-28(31-13-32-36)17(5)16(22)4/h11,13-14,19-21,34H,3,7-10,12H2,1-2,4-6H3,(H,30,33)/t19-,20?,21+/m0/s1. The number of H-pyrrole nitrogens is 1. The number of aromatic nitrogens is 4. The monoisotopic (exact) mass is 513 g/mol. The molecule has 1 aliphatic carbocycles. The van der Waals surface area contributed by atoms with Crippen LogP contribution >= 0.6 is 11.3 Å². The van der Waals surface area contributed by atoms with Gasteiger partial charge in [0.1, 0.15) is 17.0 Å². The minimum Gasteiger partial charge on any atom is -0.346 e. The maximum Gasteiger partial charge on any atom is 0.158 e. The van der Waals surface area contributed by atoms with E-state index in [1.54, 1.807) is 11.2 Å². The molecule has 8 heteroatoms. The third kappa shape index (κ3) is 3.45. The third-order valence-electron chi connectivity index (χ3n) is 9.06. The van der Waals surface area contributed by atoms with Crippen molar-refractivity contribution in [1.82, 2.24) is 29.8 Å². The number of nitrogens with one attached hydrogen (secondary N) is 2. The number of aliphatic imine (C=N–C) groups is 1. The van der Waals surface area contributed by atoms with Gasteiger partial charge in [0.05, 0.1) is 18.8 Å². The number of thiophene rings is 1. The molecule has 7 nitrogen and oxygen atoms in total. The highest BCUT2D eigenvalue weighted by atomic mass is 32.1. The largest absolute Gasteiger partial charge is 0.346 e. The summed E-state index contributed by atoms with van der Waals surface area (Å²) in [4.78, 5) is 18.5. The fourth-order valence-corrected chi connectivity index (χ4v) is 8.60. The molecule has 7 rings (SSSR count). The number of amidine groups is 1. The van der Waals surface area contributed by atoms with Gasteiger partial charge in [0.2, 0.25) is 0 Å². The van der Waals surface area contributed by atoms with Gasteiger partial charge in [-0.2, -0.15) is 5.10 Å². The van der Waals surface area contributed by atoms with Crippen LogP contribution < -0.4 is 5.32 Å². The zero-order valence-corrected chi connectivity index (χ0v) is 23.2. The molecule has 2 fully saturated rings. The van der Waals surface area contributed by atoms with Crippen molar-refractivity contribution in [3.8, 4) is 11.3 Å². The number of hydrogen-bond donors (Lipinski definition) is 2. The van der Waals surface area contributed by atoms with Crippen LogP contribution in [0.2, 0.25) is 0 Å². The fraction of sp³-hybridized carbons (Fsp3) is 0.483. The molecule has 192 valence electrons. The van der Waals surface area contributed by atoms with Crippen LogP contribution in [0.3, 0.4) is 0 Å². The van der Waals surface area contributed by atoms with Crippen molar-refractivity contribution in [3.05, 3.63) is 51.9 Å². The van der Waals surface area contributed by atoms with E-state index in [1.165, 1.54) is 63.1 Å². The van der Waals surface area contributed by atoms with Crippen LogP contribution in [0.1, 0.15) is 65.7 Å². The lowest BCUT2D eigenvalue weighted by molar-refractivity contribution is 0.226. The van der Waals surface area contributed by atoms with Crippen LogP contribution in [0.5, 0.6) is 0 Å². The van der Waals surface area contributed by atoms with Crippen molar-refractivity contribution in [2.24, 2.45) is 10.9 Å². The maximum atomic E-state index is 4.61. The second-order valence-corrected chi connectivity index (χ2v) is 12.6. The van der Waals surface area contributed by atoms with Crippen molar-refractivity contribution >= 4 is 33.0 Å². The smallest absolute Gasteiger partial charge is 0.158 e. The molecule has 0 aromatic carbocycles. The van der Waals surface area contributed by atoms with E-state index in [4.69, 9.17) is 0 Å². The molecule has 4 aromatic rings. The molecule has 1 saturated carbocycles. The Morgan fingerprint density at radius 3 is 2.70 bits per heavy atom. The molecule has 1 saturated heterocycles. The number of aromatic amines is 1. The van der Waals surface area contributed by atoms with Gasteiger partial charge in [0, 0.05) is 40.3 Å². The van der Waals surface area contributed by atoms with Crippen molar-refractivity contribution < 1.29 is 0 Å². The van der Waals surface area contributed by atoms with E-state index in [-0.39, 0.29) is 0 Å². The molecule has 2 N–H and O–H groups in total. The fourth-order valence-electron chi connectivity index (χ4n) is 7.16. The van der Waals surface area contributed by atoms with E-state index in [0.29, 0.717) is 17.9 Å². The van der Waals surface area contributed by atoms with E-state index in [9.17, 15) is 0 Å². The molecule has 6 heterocycles. The van der Waals surface area contributed by atoms with Crippen LogP contribution in [-0.4, -0.2) is 56.0 Å². The molecule has 3 aliphatic rings. The second-order valence-electron chi connectivity index (χ2n) is 11.6. The minimum absolute atomic E-state index is 0.418. The maximum absolute atomic E-state index is 4.61. The molecule has 37 heavy (non-hydrogen) atoms. The highest BCUT2D eigenvalue weighted by Crippen LogP contribution is 2.53. The van der Waals surface area contributed by atoms with E-state index < -0.39 is 0 Å². The molecule has 1 unspecified atom stereocenters. The summed E-state index contributed by atoms with van der Waals surface area (Å²) in [5, 5.41) is 9.25. The molecule has 3 atom stereocenters. The summed E-state index contributed by atoms with van der Waals surface area (Å²) < 4.78 is 1.92. The van der Waals surface area contributed by atoms with Gasteiger partial charge in [-0.25, -0.2) is 9.50 Å². The Hall–Kier alpha value is -2.97. The van der Waals surface area contributed by atoms with Crippen LogP contribution in [-0.2, 0) is 0 Å². The number of aryl methyl sites for hydroxylation is 2. The summed E-state index contributed by atoms with van der Waals surface area (Å²) >= 11 is 2.00. The average Bonchev–Trinajstić information content (AvgIpc) is 3.68. The molecular weight excluding hydrogens is 478 g/mol. The molecule has 0 amide bonds. The summed E-state index contributed by atoms with van der Waals surface area (Å²) in [7, 11) is 0. The van der Waals surface area contributed by atoms with Crippen LogP contribution in [0.15, 0.2) is 29.8 Å². The summed E-state index contributed by atoms with van der Waals surface area (Å²) in [6, 6.07) is 0.661. The predicted molar refractivity (Wildman–Crippen MR) is 152 cm³/mol. The number of pyridine rings is 1. The first-order chi connectivity index (χ1) is 17.8. The number of piperidine rings is 1. The molecular formula is C29H35N7S. The van der Waals surface area contributed by atoms with Crippen LogP contribution in [0, 0.1) is 26.7 Å². The highest BCUT2D eigenvalue weighted by Gasteiger charge is 2.46. The lowest BCUT2D eigenvalue weighted by Crippen LogP contribution is -2.40. The molecule has 2 bridgehead atoms. The predicted octanol–water partition coefficient (Wildman–Crippen LogP) is 5.68. The van der Waals surface area contributed by atoms with Gasteiger partial charge in [-0.3, -0.25) is 9.89 Å². The van der Waals surface area contributed by atoms with Gasteiger partial charge < -0.3 is 10.3 Å². The Morgan fingerprint density at radius 2 is 2.00 bits per heavy atom. The Kier molecular flexibility index (Phi) is 5.18. The van der Waals surface area contributed by atoms with Gasteiger partial charge in [-0.1, -0.05) is 20.4 Å². The number of fused-ring (bicyclic) bond motifs is 4. The van der Waals surface area contributed by atoms with Gasteiger partial charge in [0.25, 0.3) is 0 Å². The lowest BCUT2D eigenvalue weighted by atomic mass is 9.88. The van der Waals surface area contributed by atoms with Crippen molar-refractivity contribution in [2.45, 2.75) is 65.3 Å². The topological polar surface area (TPSA) is 73.6 Å². The Bertz CT molecular complexity index is 1600. The summed E-state index contributed by atoms with van der Waals surface area (Å²) in [5.41, 5.74) is 9.82. The normalized spacial score (nSPS) is 23.8. The third-order valence-corrected chi connectivity index (χ3v) is 10.4. The SMILES string of the molecule is C=C1CN=C(CN2C[C@@H]3CC2C[C@H]3c2sc3[nH]c(-c4cn5ncnc5c(C)c4C)c(C(C)C)c3c2C)N1. The zero-order valence-electron chi connectivity index (χ0n) is 22.4. The first-order valence-electron chi connectivity index (χ1n) is 13.5. The van der Waals surface area contributed by atoms with Crippen molar-refractivity contribution in [1.29, 1.82) is 0 Å². The van der Waals surface area contributed by atoms with Gasteiger partial charge in [-0.05, 0) is 73.6 Å². The molecule has 0 spiro atoms. The van der Waals surface area contributed by atoms with E-state index in [0.717, 1.165) is 36.2 Å². The average molecular weight is 514 g/mol. The number of likely N-dealkylation sites (tertiary alicyclic amines) is 1. The first-order valence-corrected chi connectivity index (χ1v) is 14.3. The van der Waals surface area contributed by atoms with Gasteiger partial charge in [-0.15, -0.1) is 11.3 Å². The van der Waals surface area contributed by atoms with Crippen molar-refractivity contribution in [2.75, 3.05) is 19.6 Å². The zero-order chi connectivity index (χ0) is 25.6. The quantitative estimate of drug-likeness (QED) is 0.360. The summed E-state index contributed by atoms with van der Waals surface area (Å²) in [5.74, 6) is 2.91. The number of hydrogen-bond acceptors (Lipinski definition) is 6. The number of rotatable bonds is 5. The Labute approximate surface area is 221 Å². The van der Waals surface area contributed by atoms with E-state index in [1.807, 2.05) is 15.9 Å². The van der Waals surface area contributed by atoms with Gasteiger partial charge >= 0.3 is 0 Å². The number of nitrogens with zero attached hydrogens (tertiary/aromatic N) is 5. The highest BCUT2D eigenvalue weighted by molar-refractivity contribution is 7.19. The second kappa shape index (κ2) is 8.27. The Morgan fingerprint density at radius 1 is 1.16 bits per heavy atom. The van der Waals surface area contributed by atoms with Crippen molar-refractivity contribution in [3.63, 3.8) is 0 Å². The lowest BCUT2D eigenvalue weighted by Gasteiger charge is -2.31. The van der Waals surface area contributed by atoms with Crippen LogP contribution in [0.25, 0.3) is 27.1 Å².